The Morgan fingerprint density at radius 3 is 2.71 bits per heavy atom. The quantitative estimate of drug-likeness (QED) is 0.827. The summed E-state index contributed by atoms with van der Waals surface area (Å²) in [5.74, 6) is 0. The molecule has 0 amide bonds. The maximum absolute atomic E-state index is 5.53. The van der Waals surface area contributed by atoms with Gasteiger partial charge in [0, 0.05) is 18.3 Å². The van der Waals surface area contributed by atoms with E-state index in [9.17, 15) is 0 Å². The van der Waals surface area contributed by atoms with Crippen LogP contribution < -0.4 is 5.32 Å². The first-order chi connectivity index (χ1) is 7.88. The molecule has 0 aromatic carbocycles. The van der Waals surface area contributed by atoms with E-state index in [1.165, 1.54) is 5.69 Å². The minimum absolute atomic E-state index is 0.129. The Balaban J connectivity index is 2.43. The SMILES string of the molecule is CC(C)OCCn1nccc1CNC(C)(C)C. The molecule has 0 atom stereocenters. The molecule has 1 aromatic heterocycles. The normalized spacial score (nSPS) is 12.4. The lowest BCUT2D eigenvalue weighted by molar-refractivity contribution is 0.0704. The highest BCUT2D eigenvalue weighted by Crippen LogP contribution is 2.04. The van der Waals surface area contributed by atoms with Crippen LogP contribution in [0.2, 0.25) is 0 Å². The lowest BCUT2D eigenvalue weighted by Crippen LogP contribution is -2.35. The van der Waals surface area contributed by atoms with Crippen LogP contribution in [0.4, 0.5) is 0 Å². The van der Waals surface area contributed by atoms with Crippen molar-refractivity contribution in [2.24, 2.45) is 0 Å². The Labute approximate surface area is 104 Å². The Kier molecular flexibility index (Phi) is 5.15. The zero-order valence-corrected chi connectivity index (χ0v) is 11.7. The number of nitrogens with zero attached hydrogens (tertiary/aromatic N) is 2. The second kappa shape index (κ2) is 6.17. The molecule has 1 aromatic rings. The van der Waals surface area contributed by atoms with Crippen LogP contribution in [-0.4, -0.2) is 28.0 Å². The summed E-state index contributed by atoms with van der Waals surface area (Å²) in [6, 6.07) is 2.05. The van der Waals surface area contributed by atoms with Gasteiger partial charge in [-0.25, -0.2) is 0 Å². The van der Waals surface area contributed by atoms with Crippen LogP contribution in [0.15, 0.2) is 12.3 Å². The fourth-order valence-corrected chi connectivity index (χ4v) is 1.44. The summed E-state index contributed by atoms with van der Waals surface area (Å²) in [5, 5.41) is 7.77. The zero-order valence-electron chi connectivity index (χ0n) is 11.7. The molecule has 0 saturated carbocycles. The van der Waals surface area contributed by atoms with Crippen molar-refractivity contribution in [1.82, 2.24) is 15.1 Å². The average molecular weight is 239 g/mol. The van der Waals surface area contributed by atoms with Gasteiger partial charge in [0.05, 0.1) is 24.9 Å². The molecule has 0 aliphatic rings. The first kappa shape index (κ1) is 14.2. The number of rotatable bonds is 6. The largest absolute Gasteiger partial charge is 0.377 e. The maximum atomic E-state index is 5.53. The second-order valence-electron chi connectivity index (χ2n) is 5.57. The summed E-state index contributed by atoms with van der Waals surface area (Å²) < 4.78 is 7.54. The van der Waals surface area contributed by atoms with Gasteiger partial charge in [-0.2, -0.15) is 5.10 Å². The fraction of sp³-hybridized carbons (Fsp3) is 0.769. The molecule has 0 fully saturated rings. The second-order valence-corrected chi connectivity index (χ2v) is 5.57. The van der Waals surface area contributed by atoms with Gasteiger partial charge in [0.2, 0.25) is 0 Å². The molecule has 4 nitrogen and oxygen atoms in total. The van der Waals surface area contributed by atoms with E-state index < -0.39 is 0 Å². The third-order valence-corrected chi connectivity index (χ3v) is 2.36. The van der Waals surface area contributed by atoms with Crippen LogP contribution in [0.25, 0.3) is 0 Å². The number of nitrogens with one attached hydrogen (secondary N) is 1. The van der Waals surface area contributed by atoms with Crippen LogP contribution in [0.5, 0.6) is 0 Å². The minimum Gasteiger partial charge on any atom is -0.377 e. The standard InChI is InChI=1S/C13H25N3O/c1-11(2)17-9-8-16-12(6-7-15-16)10-14-13(3,4)5/h6-7,11,14H,8-10H2,1-5H3. The summed E-state index contributed by atoms with van der Waals surface area (Å²) in [6.45, 7) is 12.9. The molecule has 0 aliphatic carbocycles. The van der Waals surface area contributed by atoms with E-state index >= 15 is 0 Å². The number of hydrogen-bond acceptors (Lipinski definition) is 3. The number of ether oxygens (including phenoxy) is 1. The molecule has 0 bridgehead atoms. The first-order valence-corrected chi connectivity index (χ1v) is 6.26. The van der Waals surface area contributed by atoms with E-state index in [-0.39, 0.29) is 11.6 Å². The summed E-state index contributed by atoms with van der Waals surface area (Å²) in [4.78, 5) is 0. The first-order valence-electron chi connectivity index (χ1n) is 6.26. The van der Waals surface area contributed by atoms with Crippen molar-refractivity contribution in [3.63, 3.8) is 0 Å². The summed E-state index contributed by atoms with van der Waals surface area (Å²) in [7, 11) is 0. The van der Waals surface area contributed by atoms with Crippen LogP contribution in [0.1, 0.15) is 40.3 Å². The molecule has 0 aliphatic heterocycles. The molecule has 0 spiro atoms. The Morgan fingerprint density at radius 2 is 2.12 bits per heavy atom. The lowest BCUT2D eigenvalue weighted by atomic mass is 10.1. The zero-order chi connectivity index (χ0) is 12.9. The topological polar surface area (TPSA) is 39.1 Å². The van der Waals surface area contributed by atoms with Crippen molar-refractivity contribution in [2.75, 3.05) is 6.61 Å². The molecule has 1 N–H and O–H groups in total. The molecule has 1 heterocycles. The van der Waals surface area contributed by atoms with Gasteiger partial charge < -0.3 is 10.1 Å². The van der Waals surface area contributed by atoms with Gasteiger partial charge in [-0.15, -0.1) is 0 Å². The average Bonchev–Trinajstić information content (AvgIpc) is 2.61. The van der Waals surface area contributed by atoms with Crippen LogP contribution in [-0.2, 0) is 17.8 Å². The van der Waals surface area contributed by atoms with Crippen molar-refractivity contribution >= 4 is 0 Å². The third kappa shape index (κ3) is 5.84. The van der Waals surface area contributed by atoms with Gasteiger partial charge in [0.1, 0.15) is 0 Å². The fourth-order valence-electron chi connectivity index (χ4n) is 1.44. The molecule has 0 saturated heterocycles. The summed E-state index contributed by atoms with van der Waals surface area (Å²) in [5.41, 5.74) is 1.33. The van der Waals surface area contributed by atoms with Crippen LogP contribution in [0, 0.1) is 0 Å². The Morgan fingerprint density at radius 1 is 1.41 bits per heavy atom. The van der Waals surface area contributed by atoms with Crippen molar-refractivity contribution in [3.8, 4) is 0 Å². The number of hydrogen-bond donors (Lipinski definition) is 1. The molecule has 0 radical (unpaired) electrons. The van der Waals surface area contributed by atoms with E-state index in [0.717, 1.165) is 13.1 Å². The predicted octanol–water partition coefficient (Wildman–Crippen LogP) is 2.20. The van der Waals surface area contributed by atoms with Crippen molar-refractivity contribution in [2.45, 2.75) is 59.4 Å². The predicted molar refractivity (Wildman–Crippen MR) is 69.9 cm³/mol. The van der Waals surface area contributed by atoms with Gasteiger partial charge >= 0.3 is 0 Å². The molecular weight excluding hydrogens is 214 g/mol. The molecule has 1 rings (SSSR count). The molecule has 98 valence electrons. The van der Waals surface area contributed by atoms with Gasteiger partial charge in [-0.3, -0.25) is 4.68 Å². The minimum atomic E-state index is 0.129. The van der Waals surface area contributed by atoms with Crippen molar-refractivity contribution in [3.05, 3.63) is 18.0 Å². The highest BCUT2D eigenvalue weighted by molar-refractivity contribution is 5.00. The van der Waals surface area contributed by atoms with Crippen LogP contribution in [0.3, 0.4) is 0 Å². The lowest BCUT2D eigenvalue weighted by Gasteiger charge is -2.20. The monoisotopic (exact) mass is 239 g/mol. The van der Waals surface area contributed by atoms with E-state index in [4.69, 9.17) is 4.74 Å². The smallest absolute Gasteiger partial charge is 0.0666 e. The van der Waals surface area contributed by atoms with Crippen molar-refractivity contribution in [1.29, 1.82) is 0 Å². The highest BCUT2D eigenvalue weighted by atomic mass is 16.5. The van der Waals surface area contributed by atoms with E-state index in [2.05, 4.69) is 31.2 Å². The van der Waals surface area contributed by atoms with Gasteiger partial charge in [0.15, 0.2) is 0 Å². The Bertz CT molecular complexity index is 326. The highest BCUT2D eigenvalue weighted by Gasteiger charge is 2.10. The molecular formula is C13H25N3O. The van der Waals surface area contributed by atoms with Gasteiger partial charge in [-0.1, -0.05) is 0 Å². The summed E-state index contributed by atoms with van der Waals surface area (Å²) in [6.07, 6.45) is 2.12. The summed E-state index contributed by atoms with van der Waals surface area (Å²) >= 11 is 0. The molecule has 4 heteroatoms. The molecule has 0 unspecified atom stereocenters. The van der Waals surface area contributed by atoms with Crippen LogP contribution >= 0.6 is 0 Å². The third-order valence-electron chi connectivity index (χ3n) is 2.36. The Hall–Kier alpha value is -0.870. The van der Waals surface area contributed by atoms with E-state index in [1.807, 2.05) is 30.8 Å². The number of aromatic nitrogens is 2. The van der Waals surface area contributed by atoms with Crippen molar-refractivity contribution < 1.29 is 4.74 Å². The van der Waals surface area contributed by atoms with E-state index in [0.29, 0.717) is 6.61 Å². The maximum Gasteiger partial charge on any atom is 0.0666 e. The van der Waals surface area contributed by atoms with Gasteiger partial charge in [-0.05, 0) is 40.7 Å². The van der Waals surface area contributed by atoms with E-state index in [1.54, 1.807) is 0 Å². The molecule has 17 heavy (non-hydrogen) atoms. The van der Waals surface area contributed by atoms with Gasteiger partial charge in [0.25, 0.3) is 0 Å².